The standard InChI is InChI=1S/C31H32O8S2/c32-24-6-14-28(15-7-24)40(34,35)30-18-10-26(11-19-30)38-22-4-2-1-3-5-23-39-27-12-20-31(21-13-27)41(36,37)29-16-8-25(33)9-17-29/h6-21,32-33H,1-5,22-23H2. The first kappa shape index (κ1) is 30.0. The Bertz CT molecular complexity index is 1490. The van der Waals surface area contributed by atoms with Crippen molar-refractivity contribution in [3.8, 4) is 23.0 Å². The van der Waals surface area contributed by atoms with Gasteiger partial charge in [-0.15, -0.1) is 0 Å². The largest absolute Gasteiger partial charge is 0.508 e. The fourth-order valence-electron chi connectivity index (χ4n) is 4.07. The SMILES string of the molecule is O=S(=O)(c1ccc(O)cc1)c1ccc(OCCCCCCCOc2ccc(S(=O)(=O)c3ccc(O)cc3)cc2)cc1. The Balaban J connectivity index is 1.10. The van der Waals surface area contributed by atoms with Gasteiger partial charge in [-0.3, -0.25) is 0 Å². The molecule has 4 aromatic rings. The van der Waals surface area contributed by atoms with Gasteiger partial charge in [0.15, 0.2) is 0 Å². The summed E-state index contributed by atoms with van der Waals surface area (Å²) in [4.78, 5) is 0.551. The second kappa shape index (κ2) is 13.6. The summed E-state index contributed by atoms with van der Waals surface area (Å²) >= 11 is 0. The normalized spacial score (nSPS) is 11.7. The van der Waals surface area contributed by atoms with Crippen LogP contribution in [0, 0.1) is 0 Å². The number of phenolic OH excluding ortho intramolecular Hbond substituents is 2. The van der Waals surface area contributed by atoms with Gasteiger partial charge in [0.1, 0.15) is 23.0 Å². The van der Waals surface area contributed by atoms with E-state index >= 15 is 0 Å². The van der Waals surface area contributed by atoms with E-state index in [-0.39, 0.29) is 31.1 Å². The third-order valence-electron chi connectivity index (χ3n) is 6.39. The zero-order chi connectivity index (χ0) is 29.3. The van der Waals surface area contributed by atoms with Gasteiger partial charge in [-0.25, -0.2) is 16.8 Å². The lowest BCUT2D eigenvalue weighted by atomic mass is 10.1. The van der Waals surface area contributed by atoms with Gasteiger partial charge in [0.05, 0.1) is 32.8 Å². The quantitative estimate of drug-likeness (QED) is 0.165. The molecule has 0 spiro atoms. The molecule has 8 nitrogen and oxygen atoms in total. The molecular weight excluding hydrogens is 564 g/mol. The smallest absolute Gasteiger partial charge is 0.206 e. The van der Waals surface area contributed by atoms with Gasteiger partial charge in [0, 0.05) is 0 Å². The van der Waals surface area contributed by atoms with Crippen molar-refractivity contribution in [3.05, 3.63) is 97.1 Å². The summed E-state index contributed by atoms with van der Waals surface area (Å²) in [7, 11) is -7.32. The van der Waals surface area contributed by atoms with Crippen LogP contribution in [0.3, 0.4) is 0 Å². The molecule has 0 fully saturated rings. The lowest BCUT2D eigenvalue weighted by Gasteiger charge is -2.09. The Morgan fingerprint density at radius 2 is 0.683 bits per heavy atom. The molecule has 0 aliphatic carbocycles. The minimum Gasteiger partial charge on any atom is -0.508 e. The maximum atomic E-state index is 12.7. The molecule has 4 aromatic carbocycles. The molecule has 0 atom stereocenters. The monoisotopic (exact) mass is 596 g/mol. The van der Waals surface area contributed by atoms with Crippen LogP contribution in [0.5, 0.6) is 23.0 Å². The average Bonchev–Trinajstić information content (AvgIpc) is 2.97. The van der Waals surface area contributed by atoms with E-state index in [1.165, 1.54) is 72.8 Å². The maximum Gasteiger partial charge on any atom is 0.206 e. The fourth-order valence-corrected chi connectivity index (χ4v) is 6.59. The second-order valence-corrected chi connectivity index (χ2v) is 13.3. The van der Waals surface area contributed by atoms with Crippen LogP contribution in [-0.2, 0) is 19.7 Å². The Hall–Kier alpha value is -4.02. The number of ether oxygens (including phenoxy) is 2. The van der Waals surface area contributed by atoms with Crippen LogP contribution in [0.25, 0.3) is 0 Å². The number of phenols is 2. The molecule has 0 aliphatic heterocycles. The molecule has 216 valence electrons. The van der Waals surface area contributed by atoms with Crippen molar-refractivity contribution in [2.45, 2.75) is 51.7 Å². The number of sulfone groups is 2. The molecular formula is C31H32O8S2. The van der Waals surface area contributed by atoms with Gasteiger partial charge in [0.2, 0.25) is 19.7 Å². The number of hydrogen-bond donors (Lipinski definition) is 2. The number of benzene rings is 4. The van der Waals surface area contributed by atoms with Crippen molar-refractivity contribution in [1.82, 2.24) is 0 Å². The highest BCUT2D eigenvalue weighted by molar-refractivity contribution is 7.91. The van der Waals surface area contributed by atoms with E-state index in [1.54, 1.807) is 24.3 Å². The Morgan fingerprint density at radius 1 is 0.415 bits per heavy atom. The molecule has 0 saturated heterocycles. The molecule has 2 N–H and O–H groups in total. The zero-order valence-electron chi connectivity index (χ0n) is 22.3. The highest BCUT2D eigenvalue weighted by atomic mass is 32.2. The molecule has 0 unspecified atom stereocenters. The molecule has 0 radical (unpaired) electrons. The summed E-state index contributed by atoms with van der Waals surface area (Å²) in [5.41, 5.74) is 0. The highest BCUT2D eigenvalue weighted by Crippen LogP contribution is 2.26. The molecule has 41 heavy (non-hydrogen) atoms. The Kier molecular flexibility index (Phi) is 9.91. The zero-order valence-corrected chi connectivity index (χ0v) is 24.0. The summed E-state index contributed by atoms with van der Waals surface area (Å²) in [6.45, 7) is 1.06. The van der Waals surface area contributed by atoms with Gasteiger partial charge >= 0.3 is 0 Å². The lowest BCUT2D eigenvalue weighted by molar-refractivity contribution is 0.293. The van der Waals surface area contributed by atoms with Crippen LogP contribution in [-0.4, -0.2) is 40.3 Å². The van der Waals surface area contributed by atoms with Crippen LogP contribution < -0.4 is 9.47 Å². The van der Waals surface area contributed by atoms with E-state index in [4.69, 9.17) is 9.47 Å². The Morgan fingerprint density at radius 3 is 1.00 bits per heavy atom. The number of aromatic hydroxyl groups is 2. The van der Waals surface area contributed by atoms with Crippen molar-refractivity contribution < 1.29 is 36.5 Å². The first-order valence-electron chi connectivity index (χ1n) is 13.2. The fraction of sp³-hybridized carbons (Fsp3) is 0.226. The third-order valence-corrected chi connectivity index (χ3v) is 9.96. The molecule has 0 bridgehead atoms. The van der Waals surface area contributed by atoms with Gasteiger partial charge in [-0.1, -0.05) is 19.3 Å². The summed E-state index contributed by atoms with van der Waals surface area (Å²) in [5, 5.41) is 18.7. The number of rotatable bonds is 14. The second-order valence-electron chi connectivity index (χ2n) is 9.40. The van der Waals surface area contributed by atoms with Crippen molar-refractivity contribution in [3.63, 3.8) is 0 Å². The molecule has 0 aliphatic rings. The van der Waals surface area contributed by atoms with Gasteiger partial charge in [-0.05, 0) is 110 Å². The predicted molar refractivity (Wildman–Crippen MR) is 154 cm³/mol. The topological polar surface area (TPSA) is 127 Å². The van der Waals surface area contributed by atoms with Gasteiger partial charge in [-0.2, -0.15) is 0 Å². The van der Waals surface area contributed by atoms with E-state index in [0.29, 0.717) is 24.7 Å². The molecule has 0 aromatic heterocycles. The number of hydrogen-bond acceptors (Lipinski definition) is 8. The Labute approximate surface area is 240 Å². The first-order valence-corrected chi connectivity index (χ1v) is 16.2. The van der Waals surface area contributed by atoms with E-state index in [0.717, 1.165) is 32.1 Å². The maximum absolute atomic E-state index is 12.7. The van der Waals surface area contributed by atoms with Crippen LogP contribution in [0.15, 0.2) is 117 Å². The van der Waals surface area contributed by atoms with Crippen LogP contribution in [0.4, 0.5) is 0 Å². The van der Waals surface area contributed by atoms with Crippen LogP contribution in [0.2, 0.25) is 0 Å². The van der Waals surface area contributed by atoms with Crippen molar-refractivity contribution in [2.24, 2.45) is 0 Å². The molecule has 0 amide bonds. The van der Waals surface area contributed by atoms with E-state index in [9.17, 15) is 27.0 Å². The molecule has 10 heteroatoms. The predicted octanol–water partition coefficient (Wildman–Crippen LogP) is 6.17. The van der Waals surface area contributed by atoms with Crippen molar-refractivity contribution in [1.29, 1.82) is 0 Å². The summed E-state index contributed by atoms with van der Waals surface area (Å²) in [5.74, 6) is 1.22. The van der Waals surface area contributed by atoms with Gasteiger partial charge < -0.3 is 19.7 Å². The summed E-state index contributed by atoms with van der Waals surface area (Å²) < 4.78 is 62.2. The lowest BCUT2D eigenvalue weighted by Crippen LogP contribution is -2.03. The minimum atomic E-state index is -3.66. The summed E-state index contributed by atoms with van der Waals surface area (Å²) in [6, 6.07) is 23.5. The number of unbranched alkanes of at least 4 members (excludes halogenated alkanes) is 4. The van der Waals surface area contributed by atoms with Crippen molar-refractivity contribution >= 4 is 19.7 Å². The average molecular weight is 597 g/mol. The van der Waals surface area contributed by atoms with Crippen LogP contribution in [0.1, 0.15) is 32.1 Å². The molecule has 4 rings (SSSR count). The summed E-state index contributed by atoms with van der Waals surface area (Å²) in [6.07, 6.45) is 4.71. The van der Waals surface area contributed by atoms with E-state index < -0.39 is 19.7 Å². The highest BCUT2D eigenvalue weighted by Gasteiger charge is 2.18. The van der Waals surface area contributed by atoms with E-state index in [2.05, 4.69) is 0 Å². The van der Waals surface area contributed by atoms with Gasteiger partial charge in [0.25, 0.3) is 0 Å². The van der Waals surface area contributed by atoms with Crippen LogP contribution >= 0.6 is 0 Å². The minimum absolute atomic E-state index is 0.00676. The first-order chi connectivity index (χ1) is 19.7. The van der Waals surface area contributed by atoms with E-state index in [1.807, 2.05) is 0 Å². The molecule has 0 saturated carbocycles. The molecule has 0 heterocycles. The third kappa shape index (κ3) is 8.02. The van der Waals surface area contributed by atoms with Crippen molar-refractivity contribution in [2.75, 3.05) is 13.2 Å².